The molecule has 0 radical (unpaired) electrons. The maximum atomic E-state index is 10.9. The maximum absolute atomic E-state index is 10.9. The van der Waals surface area contributed by atoms with Crippen LogP contribution in [0.5, 0.6) is 0 Å². The summed E-state index contributed by atoms with van der Waals surface area (Å²) in [6.45, 7) is 0. The topological polar surface area (TPSA) is 52.3 Å². The van der Waals surface area contributed by atoms with E-state index >= 15 is 0 Å². The number of halogens is 1. The fourth-order valence-electron chi connectivity index (χ4n) is 1.10. The van der Waals surface area contributed by atoms with Crippen LogP contribution in [-0.2, 0) is 16.0 Å². The van der Waals surface area contributed by atoms with E-state index in [0.29, 0.717) is 17.1 Å². The Morgan fingerprint density at radius 2 is 2.07 bits per heavy atom. The summed E-state index contributed by atoms with van der Waals surface area (Å²) in [5, 5.41) is 0.675. The molecule has 4 heteroatoms. The Morgan fingerprint density at radius 3 is 2.60 bits per heavy atom. The molecule has 0 aromatic heterocycles. The predicted molar refractivity (Wildman–Crippen MR) is 59.4 cm³/mol. The molecule has 15 heavy (non-hydrogen) atoms. The SMILES string of the molecule is COC(=O)/C=C(\N)Cc1ccc(Cl)cc1. The lowest BCUT2D eigenvalue weighted by Gasteiger charge is -2.01. The van der Waals surface area contributed by atoms with Crippen molar-refractivity contribution in [2.24, 2.45) is 5.73 Å². The van der Waals surface area contributed by atoms with Gasteiger partial charge in [0, 0.05) is 23.2 Å². The lowest BCUT2D eigenvalue weighted by Crippen LogP contribution is -2.06. The van der Waals surface area contributed by atoms with Gasteiger partial charge in [-0.25, -0.2) is 4.79 Å². The molecule has 0 aliphatic heterocycles. The van der Waals surface area contributed by atoms with Crippen molar-refractivity contribution in [3.63, 3.8) is 0 Å². The highest BCUT2D eigenvalue weighted by Gasteiger charge is 1.99. The van der Waals surface area contributed by atoms with Crippen molar-refractivity contribution in [3.05, 3.63) is 46.6 Å². The van der Waals surface area contributed by atoms with Crippen molar-refractivity contribution >= 4 is 17.6 Å². The van der Waals surface area contributed by atoms with Crippen LogP contribution in [0.25, 0.3) is 0 Å². The summed E-state index contributed by atoms with van der Waals surface area (Å²) in [6.07, 6.45) is 1.78. The number of methoxy groups -OCH3 is 1. The number of hydrogen-bond acceptors (Lipinski definition) is 3. The minimum atomic E-state index is -0.443. The Labute approximate surface area is 93.5 Å². The summed E-state index contributed by atoms with van der Waals surface area (Å²) in [5.41, 5.74) is 7.11. The number of benzene rings is 1. The van der Waals surface area contributed by atoms with Gasteiger partial charge in [-0.2, -0.15) is 0 Å². The van der Waals surface area contributed by atoms with Crippen LogP contribution in [0.4, 0.5) is 0 Å². The van der Waals surface area contributed by atoms with Crippen LogP contribution in [0.2, 0.25) is 5.02 Å². The molecule has 0 aliphatic rings. The molecule has 80 valence electrons. The van der Waals surface area contributed by atoms with Gasteiger partial charge < -0.3 is 10.5 Å². The Kier molecular flexibility index (Phi) is 4.18. The Bertz CT molecular complexity index is 371. The molecule has 0 aliphatic carbocycles. The van der Waals surface area contributed by atoms with E-state index in [2.05, 4.69) is 4.74 Å². The van der Waals surface area contributed by atoms with E-state index in [1.165, 1.54) is 13.2 Å². The van der Waals surface area contributed by atoms with Gasteiger partial charge in [0.05, 0.1) is 7.11 Å². The number of rotatable bonds is 3. The largest absolute Gasteiger partial charge is 0.466 e. The van der Waals surface area contributed by atoms with Crippen LogP contribution in [0, 0.1) is 0 Å². The summed E-state index contributed by atoms with van der Waals surface area (Å²) in [4.78, 5) is 10.9. The van der Waals surface area contributed by atoms with Crippen LogP contribution in [0.1, 0.15) is 5.56 Å². The van der Waals surface area contributed by atoms with Crippen LogP contribution < -0.4 is 5.73 Å². The van der Waals surface area contributed by atoms with E-state index in [1.807, 2.05) is 12.1 Å². The quantitative estimate of drug-likeness (QED) is 0.632. The van der Waals surface area contributed by atoms with E-state index in [-0.39, 0.29) is 0 Å². The lowest BCUT2D eigenvalue weighted by molar-refractivity contribution is -0.134. The first kappa shape index (κ1) is 11.6. The first-order valence-electron chi connectivity index (χ1n) is 4.40. The maximum Gasteiger partial charge on any atom is 0.332 e. The highest BCUT2D eigenvalue weighted by atomic mass is 35.5. The Hall–Kier alpha value is -1.48. The van der Waals surface area contributed by atoms with E-state index in [1.54, 1.807) is 12.1 Å². The second-order valence-corrected chi connectivity index (χ2v) is 3.48. The first-order chi connectivity index (χ1) is 7.11. The first-order valence-corrected chi connectivity index (χ1v) is 4.78. The summed E-state index contributed by atoms with van der Waals surface area (Å²) in [7, 11) is 1.31. The average molecular weight is 226 g/mol. The lowest BCUT2D eigenvalue weighted by atomic mass is 10.1. The predicted octanol–water partition coefficient (Wildman–Crippen LogP) is 1.90. The monoisotopic (exact) mass is 225 g/mol. The summed E-state index contributed by atoms with van der Waals surface area (Å²) < 4.78 is 4.46. The number of ether oxygens (including phenoxy) is 1. The minimum Gasteiger partial charge on any atom is -0.466 e. The zero-order valence-corrected chi connectivity index (χ0v) is 9.12. The molecule has 1 aromatic carbocycles. The normalized spacial score (nSPS) is 11.2. The van der Waals surface area contributed by atoms with Gasteiger partial charge in [-0.1, -0.05) is 23.7 Å². The molecule has 3 nitrogen and oxygen atoms in total. The van der Waals surface area contributed by atoms with E-state index in [9.17, 15) is 4.79 Å². The van der Waals surface area contributed by atoms with E-state index in [4.69, 9.17) is 17.3 Å². The third-order valence-electron chi connectivity index (χ3n) is 1.83. The molecular weight excluding hydrogens is 214 g/mol. The van der Waals surface area contributed by atoms with Gasteiger partial charge in [0.25, 0.3) is 0 Å². The highest BCUT2D eigenvalue weighted by Crippen LogP contribution is 2.11. The second kappa shape index (κ2) is 5.41. The third kappa shape index (κ3) is 4.04. The van der Waals surface area contributed by atoms with Gasteiger partial charge in [-0.3, -0.25) is 0 Å². The number of carbonyl (C=O) groups excluding carboxylic acids is 1. The molecular formula is C11H12ClNO2. The molecule has 0 bridgehead atoms. The summed E-state index contributed by atoms with van der Waals surface area (Å²) in [6, 6.07) is 7.28. The molecule has 0 spiro atoms. The molecule has 1 rings (SSSR count). The summed E-state index contributed by atoms with van der Waals surface area (Å²) in [5.74, 6) is -0.443. The standard InChI is InChI=1S/C11H12ClNO2/c1-15-11(14)7-10(13)6-8-2-4-9(12)5-3-8/h2-5,7H,6,13H2,1H3/b10-7-. The molecule has 2 N–H and O–H groups in total. The van der Waals surface area contributed by atoms with Crippen molar-refractivity contribution < 1.29 is 9.53 Å². The van der Waals surface area contributed by atoms with Crippen molar-refractivity contribution in [2.75, 3.05) is 7.11 Å². The van der Waals surface area contributed by atoms with Crippen LogP contribution in [-0.4, -0.2) is 13.1 Å². The molecule has 0 fully saturated rings. The fraction of sp³-hybridized carbons (Fsp3) is 0.182. The van der Waals surface area contributed by atoms with Crippen molar-refractivity contribution in [2.45, 2.75) is 6.42 Å². The van der Waals surface area contributed by atoms with Crippen molar-refractivity contribution in [3.8, 4) is 0 Å². The molecule has 0 saturated heterocycles. The van der Waals surface area contributed by atoms with Crippen molar-refractivity contribution in [1.82, 2.24) is 0 Å². The molecule has 0 unspecified atom stereocenters. The fourth-order valence-corrected chi connectivity index (χ4v) is 1.23. The zero-order chi connectivity index (χ0) is 11.3. The number of hydrogen-bond donors (Lipinski definition) is 1. The highest BCUT2D eigenvalue weighted by molar-refractivity contribution is 6.30. The average Bonchev–Trinajstić information content (AvgIpc) is 2.21. The summed E-state index contributed by atoms with van der Waals surface area (Å²) >= 11 is 5.74. The Balaban J connectivity index is 2.66. The van der Waals surface area contributed by atoms with E-state index < -0.39 is 5.97 Å². The Morgan fingerprint density at radius 1 is 1.47 bits per heavy atom. The second-order valence-electron chi connectivity index (χ2n) is 3.05. The van der Waals surface area contributed by atoms with Gasteiger partial charge >= 0.3 is 5.97 Å². The van der Waals surface area contributed by atoms with E-state index in [0.717, 1.165) is 5.56 Å². The van der Waals surface area contributed by atoms with Gasteiger partial charge in [0.15, 0.2) is 0 Å². The van der Waals surface area contributed by atoms with Crippen molar-refractivity contribution in [1.29, 1.82) is 0 Å². The zero-order valence-electron chi connectivity index (χ0n) is 8.37. The van der Waals surface area contributed by atoms with Crippen LogP contribution in [0.3, 0.4) is 0 Å². The molecule has 0 saturated carbocycles. The minimum absolute atomic E-state index is 0.443. The van der Waals surface area contributed by atoms with Gasteiger partial charge in [-0.15, -0.1) is 0 Å². The van der Waals surface area contributed by atoms with Crippen LogP contribution in [0.15, 0.2) is 36.0 Å². The molecule has 1 aromatic rings. The molecule has 0 atom stereocenters. The number of allylic oxidation sites excluding steroid dienone is 1. The number of esters is 1. The molecule has 0 heterocycles. The van der Waals surface area contributed by atoms with Crippen LogP contribution >= 0.6 is 11.6 Å². The van der Waals surface area contributed by atoms with Gasteiger partial charge in [-0.05, 0) is 17.7 Å². The number of nitrogens with two attached hydrogens (primary N) is 1. The van der Waals surface area contributed by atoms with Gasteiger partial charge in [0.1, 0.15) is 0 Å². The number of carbonyl (C=O) groups is 1. The molecule has 0 amide bonds. The van der Waals surface area contributed by atoms with Gasteiger partial charge in [0.2, 0.25) is 0 Å². The smallest absolute Gasteiger partial charge is 0.332 e. The third-order valence-corrected chi connectivity index (χ3v) is 2.08.